The number of hydrogen-bond acceptors (Lipinski definition) is 7. The van der Waals surface area contributed by atoms with Gasteiger partial charge < -0.3 is 18.9 Å². The third-order valence-corrected chi connectivity index (χ3v) is 8.67. The Kier molecular flexibility index (Phi) is 11.5. The van der Waals surface area contributed by atoms with Crippen molar-refractivity contribution in [3.8, 4) is 23.0 Å². The number of benzene rings is 4. The Morgan fingerprint density at radius 1 is 0.809 bits per heavy atom. The number of piperidine rings is 1. The van der Waals surface area contributed by atoms with E-state index in [4.69, 9.17) is 18.9 Å². The minimum atomic E-state index is -0.617. The Morgan fingerprint density at radius 2 is 1.40 bits per heavy atom. The third kappa shape index (κ3) is 8.32. The summed E-state index contributed by atoms with van der Waals surface area (Å²) in [5.74, 6) is 2.16. The summed E-state index contributed by atoms with van der Waals surface area (Å²) in [6.45, 7) is 7.92. The molecule has 0 saturated carbocycles. The number of nitro benzene ring substituents is 1. The Bertz CT molecular complexity index is 1650. The van der Waals surface area contributed by atoms with Crippen molar-refractivity contribution in [2.75, 3.05) is 40.5 Å². The molecule has 1 unspecified atom stereocenters. The molecule has 8 nitrogen and oxygen atoms in total. The second-order valence-corrected chi connectivity index (χ2v) is 11.7. The molecule has 1 aliphatic rings. The van der Waals surface area contributed by atoms with Crippen molar-refractivity contribution >= 4 is 16.8 Å². The summed E-state index contributed by atoms with van der Waals surface area (Å²) in [4.78, 5) is 13.9. The molecule has 47 heavy (non-hydrogen) atoms. The molecule has 0 aliphatic carbocycles. The van der Waals surface area contributed by atoms with E-state index in [0.717, 1.165) is 48.5 Å². The van der Waals surface area contributed by atoms with Crippen molar-refractivity contribution in [2.45, 2.75) is 45.6 Å². The summed E-state index contributed by atoms with van der Waals surface area (Å²) >= 11 is 0. The first-order chi connectivity index (χ1) is 22.9. The van der Waals surface area contributed by atoms with Crippen LogP contribution in [-0.2, 0) is 0 Å². The van der Waals surface area contributed by atoms with Crippen LogP contribution in [-0.4, -0.2) is 50.3 Å². The number of methoxy groups -OCH3 is 2. The van der Waals surface area contributed by atoms with Crippen molar-refractivity contribution < 1.29 is 23.9 Å². The molecule has 0 radical (unpaired) electrons. The van der Waals surface area contributed by atoms with Gasteiger partial charge in [-0.15, -0.1) is 0 Å². The largest absolute Gasteiger partial charge is 0.493 e. The van der Waals surface area contributed by atoms with Crippen LogP contribution in [0.1, 0.15) is 67.9 Å². The van der Waals surface area contributed by atoms with Gasteiger partial charge in [-0.2, -0.15) is 0 Å². The molecule has 8 heteroatoms. The maximum Gasteiger partial charge on any atom is 0.280 e. The zero-order valence-corrected chi connectivity index (χ0v) is 27.7. The normalized spacial score (nSPS) is 14.6. The van der Waals surface area contributed by atoms with Crippen molar-refractivity contribution in [3.63, 3.8) is 0 Å². The van der Waals surface area contributed by atoms with Gasteiger partial charge in [0.2, 0.25) is 0 Å². The molecule has 1 heterocycles. The van der Waals surface area contributed by atoms with Crippen molar-refractivity contribution in [3.05, 3.63) is 123 Å². The van der Waals surface area contributed by atoms with Crippen LogP contribution in [0.3, 0.4) is 0 Å². The lowest BCUT2D eigenvalue weighted by Gasteiger charge is -2.26. The molecule has 0 N–H and O–H groups in total. The van der Waals surface area contributed by atoms with Gasteiger partial charge in [0.1, 0.15) is 24.2 Å². The molecule has 0 aromatic heterocycles. The molecular weight excluding hydrogens is 592 g/mol. The summed E-state index contributed by atoms with van der Waals surface area (Å²) in [6, 6.07) is 29.7. The van der Waals surface area contributed by atoms with E-state index in [1.54, 1.807) is 13.0 Å². The van der Waals surface area contributed by atoms with Crippen LogP contribution >= 0.6 is 0 Å². The van der Waals surface area contributed by atoms with Gasteiger partial charge in [-0.25, -0.2) is 0 Å². The van der Waals surface area contributed by atoms with Crippen molar-refractivity contribution in [1.82, 2.24) is 4.90 Å². The minimum Gasteiger partial charge on any atom is -0.493 e. The van der Waals surface area contributed by atoms with Crippen LogP contribution in [0.15, 0.2) is 91.0 Å². The smallest absolute Gasteiger partial charge is 0.280 e. The highest BCUT2D eigenvalue weighted by Crippen LogP contribution is 2.40. The molecule has 0 spiro atoms. The summed E-state index contributed by atoms with van der Waals surface area (Å²) in [5.41, 5.74) is 5.97. The standard InChI is InChI=1S/C39H44N2O6/c1-5-34(29-12-8-6-9-13-29)39(30-14-18-32(19-15-30)46-25-24-40-22-10-7-11-23-40)31-16-20-33(21-17-31)47-28(2)35-26-37(44-3)38(45-4)27-36(35)41(42)43/h6,8-9,12-21,26-28H,5,7,10-11,22-25H2,1-4H3/b39-34+. The van der Waals surface area contributed by atoms with E-state index >= 15 is 0 Å². The first-order valence-corrected chi connectivity index (χ1v) is 16.3. The highest BCUT2D eigenvalue weighted by atomic mass is 16.6. The average molecular weight is 637 g/mol. The predicted octanol–water partition coefficient (Wildman–Crippen LogP) is 8.99. The molecule has 0 bridgehead atoms. The van der Waals surface area contributed by atoms with Crippen LogP contribution in [0, 0.1) is 10.1 Å². The number of rotatable bonds is 14. The predicted molar refractivity (Wildman–Crippen MR) is 187 cm³/mol. The maximum absolute atomic E-state index is 11.9. The lowest BCUT2D eigenvalue weighted by Crippen LogP contribution is -2.33. The van der Waals surface area contributed by atoms with Gasteiger partial charge in [-0.1, -0.05) is 67.9 Å². The fraction of sp³-hybridized carbons (Fsp3) is 0.333. The lowest BCUT2D eigenvalue weighted by atomic mass is 9.88. The number of ether oxygens (including phenoxy) is 4. The van der Waals surface area contributed by atoms with Gasteiger partial charge in [0.05, 0.1) is 30.8 Å². The minimum absolute atomic E-state index is 0.0913. The fourth-order valence-electron chi connectivity index (χ4n) is 6.21. The summed E-state index contributed by atoms with van der Waals surface area (Å²) in [7, 11) is 2.95. The molecule has 1 saturated heterocycles. The highest BCUT2D eigenvalue weighted by Gasteiger charge is 2.25. The van der Waals surface area contributed by atoms with Crippen LogP contribution in [0.25, 0.3) is 11.1 Å². The van der Waals surface area contributed by atoms with E-state index in [-0.39, 0.29) is 5.69 Å². The molecule has 1 atom stereocenters. The van der Waals surface area contributed by atoms with Gasteiger partial charge in [-0.3, -0.25) is 15.0 Å². The maximum atomic E-state index is 11.9. The second-order valence-electron chi connectivity index (χ2n) is 11.7. The summed E-state index contributed by atoms with van der Waals surface area (Å²) < 4.78 is 23.0. The van der Waals surface area contributed by atoms with Gasteiger partial charge in [0.15, 0.2) is 11.5 Å². The van der Waals surface area contributed by atoms with E-state index in [0.29, 0.717) is 29.4 Å². The van der Waals surface area contributed by atoms with Gasteiger partial charge >= 0.3 is 0 Å². The SMILES string of the molecule is CC/C(=C(/c1ccc(OCCN2CCCCC2)cc1)c1ccc(OC(C)c2cc(OC)c(OC)cc2[N+](=O)[O-])cc1)c1ccccc1. The molecular formula is C39H44N2O6. The second kappa shape index (κ2) is 16.1. The van der Waals surface area contributed by atoms with E-state index in [1.165, 1.54) is 50.7 Å². The Balaban J connectivity index is 1.40. The Morgan fingerprint density at radius 3 is 1.98 bits per heavy atom. The summed E-state index contributed by atoms with van der Waals surface area (Å²) in [6.07, 6.45) is 4.10. The van der Waals surface area contributed by atoms with E-state index in [1.807, 2.05) is 30.3 Å². The molecule has 0 amide bonds. The Hall–Kier alpha value is -4.82. The van der Waals surface area contributed by atoms with Crippen LogP contribution in [0.5, 0.6) is 23.0 Å². The fourth-order valence-corrected chi connectivity index (χ4v) is 6.21. The zero-order chi connectivity index (χ0) is 33.2. The van der Waals surface area contributed by atoms with Gasteiger partial charge in [-0.05, 0) is 97.4 Å². The van der Waals surface area contributed by atoms with Crippen molar-refractivity contribution in [2.24, 2.45) is 0 Å². The monoisotopic (exact) mass is 636 g/mol. The zero-order valence-electron chi connectivity index (χ0n) is 27.7. The number of nitrogens with zero attached hydrogens (tertiary/aromatic N) is 2. The first kappa shape index (κ1) is 33.5. The molecule has 246 valence electrons. The summed E-state index contributed by atoms with van der Waals surface area (Å²) in [5, 5.41) is 11.9. The van der Waals surface area contributed by atoms with E-state index in [2.05, 4.69) is 60.4 Å². The van der Waals surface area contributed by atoms with Crippen LogP contribution in [0.4, 0.5) is 5.69 Å². The van der Waals surface area contributed by atoms with E-state index < -0.39 is 11.0 Å². The average Bonchev–Trinajstić information content (AvgIpc) is 3.11. The molecule has 4 aromatic rings. The number of hydrogen-bond donors (Lipinski definition) is 0. The van der Waals surface area contributed by atoms with Crippen molar-refractivity contribution in [1.29, 1.82) is 0 Å². The molecule has 1 aliphatic heterocycles. The number of nitro groups is 1. The first-order valence-electron chi connectivity index (χ1n) is 16.3. The van der Waals surface area contributed by atoms with Gasteiger partial charge in [0.25, 0.3) is 5.69 Å². The number of allylic oxidation sites excluding steroid dienone is 1. The van der Waals surface area contributed by atoms with Crippen LogP contribution < -0.4 is 18.9 Å². The number of likely N-dealkylation sites (tertiary alicyclic amines) is 1. The lowest BCUT2D eigenvalue weighted by molar-refractivity contribution is -0.386. The third-order valence-electron chi connectivity index (χ3n) is 8.67. The Labute approximate surface area is 277 Å². The highest BCUT2D eigenvalue weighted by molar-refractivity contribution is 5.98. The molecule has 4 aromatic carbocycles. The van der Waals surface area contributed by atoms with Gasteiger partial charge in [0, 0.05) is 6.54 Å². The molecule has 5 rings (SSSR count). The van der Waals surface area contributed by atoms with Crippen LogP contribution in [0.2, 0.25) is 0 Å². The topological polar surface area (TPSA) is 83.3 Å². The quantitative estimate of drug-likeness (QED) is 0.0776. The molecule has 1 fully saturated rings. The van der Waals surface area contributed by atoms with E-state index in [9.17, 15) is 10.1 Å².